The summed E-state index contributed by atoms with van der Waals surface area (Å²) >= 11 is 0. The Kier molecular flexibility index (Phi) is 5.27. The minimum Gasteiger partial charge on any atom is -0.449 e. The van der Waals surface area contributed by atoms with Crippen molar-refractivity contribution in [3.63, 3.8) is 0 Å². The summed E-state index contributed by atoms with van der Waals surface area (Å²) in [6.07, 6.45) is 2.62. The van der Waals surface area contributed by atoms with E-state index in [0.29, 0.717) is 11.3 Å². The molecule has 0 unspecified atom stereocenters. The van der Waals surface area contributed by atoms with Gasteiger partial charge in [-0.3, -0.25) is 9.59 Å². The molecule has 146 valence electrons. The molecule has 1 heterocycles. The van der Waals surface area contributed by atoms with Gasteiger partial charge in [-0.2, -0.15) is 0 Å². The van der Waals surface area contributed by atoms with E-state index in [1.54, 1.807) is 49.3 Å². The van der Waals surface area contributed by atoms with Crippen molar-refractivity contribution in [2.75, 3.05) is 19.0 Å². The van der Waals surface area contributed by atoms with Crippen LogP contribution in [0.1, 0.15) is 42.3 Å². The van der Waals surface area contributed by atoms with E-state index in [0.717, 1.165) is 17.7 Å². The highest BCUT2D eigenvalue weighted by Crippen LogP contribution is 2.37. The molecule has 0 radical (unpaired) electrons. The Morgan fingerprint density at radius 1 is 1.14 bits per heavy atom. The van der Waals surface area contributed by atoms with Crippen LogP contribution in [0, 0.1) is 5.41 Å². The molecule has 0 atom stereocenters. The fourth-order valence-electron chi connectivity index (χ4n) is 3.19. The Hall–Kier alpha value is -3.08. The van der Waals surface area contributed by atoms with Crippen LogP contribution in [-0.2, 0) is 11.2 Å². The number of nitrogens with zero attached hydrogens (tertiary/aromatic N) is 1. The molecule has 2 aromatic rings. The summed E-state index contributed by atoms with van der Waals surface area (Å²) in [4.78, 5) is 26.0. The van der Waals surface area contributed by atoms with Gasteiger partial charge in [-0.05, 0) is 53.3 Å². The topological polar surface area (TPSA) is 58.6 Å². The molecule has 0 spiro atoms. The van der Waals surface area contributed by atoms with Crippen molar-refractivity contribution in [1.29, 1.82) is 0 Å². The number of ether oxygens (including phenoxy) is 1. The largest absolute Gasteiger partial charge is 0.449 e. The van der Waals surface area contributed by atoms with E-state index < -0.39 is 0 Å². The molecule has 0 aromatic heterocycles. The van der Waals surface area contributed by atoms with Crippen LogP contribution in [0.25, 0.3) is 6.08 Å². The molecule has 0 saturated heterocycles. The average Bonchev–Trinajstić information content (AvgIpc) is 2.64. The number of hydrogen-bond acceptors (Lipinski definition) is 3. The minimum absolute atomic E-state index is 0.149. The number of carbonyl (C=O) groups excluding carboxylic acids is 2. The third-order valence-electron chi connectivity index (χ3n) is 4.55. The SMILES string of the molecule is CNC(=O)c1ccc(C=C2Oc3cc(CC(C)(C)C)ccc3N(C)C2=O)cc1. The van der Waals surface area contributed by atoms with E-state index in [9.17, 15) is 9.59 Å². The lowest BCUT2D eigenvalue weighted by molar-refractivity contribution is -0.117. The van der Waals surface area contributed by atoms with Gasteiger partial charge in [-0.15, -0.1) is 0 Å². The molecule has 0 aliphatic carbocycles. The van der Waals surface area contributed by atoms with Crippen LogP contribution in [0.2, 0.25) is 0 Å². The van der Waals surface area contributed by atoms with Gasteiger partial charge in [0.2, 0.25) is 0 Å². The molecular formula is C23H26N2O3. The summed E-state index contributed by atoms with van der Waals surface area (Å²) in [5.41, 5.74) is 3.45. The first-order valence-electron chi connectivity index (χ1n) is 9.30. The summed E-state index contributed by atoms with van der Waals surface area (Å²) in [6, 6.07) is 13.0. The van der Waals surface area contributed by atoms with Gasteiger partial charge in [-0.25, -0.2) is 0 Å². The Morgan fingerprint density at radius 3 is 2.43 bits per heavy atom. The second-order valence-corrected chi connectivity index (χ2v) is 8.22. The summed E-state index contributed by atoms with van der Waals surface area (Å²) in [5.74, 6) is 0.586. The number of likely N-dealkylation sites (N-methyl/N-ethyl adjacent to an activating group) is 1. The van der Waals surface area contributed by atoms with Crippen molar-refractivity contribution in [1.82, 2.24) is 5.32 Å². The third-order valence-corrected chi connectivity index (χ3v) is 4.55. The first-order valence-corrected chi connectivity index (χ1v) is 9.30. The fraction of sp³-hybridized carbons (Fsp3) is 0.304. The smallest absolute Gasteiger partial charge is 0.293 e. The monoisotopic (exact) mass is 378 g/mol. The van der Waals surface area contributed by atoms with Crippen LogP contribution in [0.5, 0.6) is 5.75 Å². The Balaban J connectivity index is 1.90. The minimum atomic E-state index is -0.202. The summed E-state index contributed by atoms with van der Waals surface area (Å²) in [6.45, 7) is 6.57. The van der Waals surface area contributed by atoms with E-state index in [-0.39, 0.29) is 23.0 Å². The zero-order chi connectivity index (χ0) is 20.5. The first kappa shape index (κ1) is 19.7. The van der Waals surface area contributed by atoms with E-state index in [1.165, 1.54) is 5.56 Å². The highest BCUT2D eigenvalue weighted by atomic mass is 16.5. The van der Waals surface area contributed by atoms with Crippen molar-refractivity contribution >= 4 is 23.6 Å². The Labute approximate surface area is 166 Å². The molecule has 0 fully saturated rings. The molecule has 5 heteroatoms. The standard InChI is InChI=1S/C23H26N2O3/c1-23(2,3)14-16-8-11-18-19(13-16)28-20(22(27)25(18)5)12-15-6-9-17(10-7-15)21(26)24-4/h6-13H,14H2,1-5H3,(H,24,26). The molecule has 1 N–H and O–H groups in total. The Morgan fingerprint density at radius 2 is 1.82 bits per heavy atom. The van der Waals surface area contributed by atoms with Gasteiger partial charge in [-0.1, -0.05) is 39.0 Å². The molecule has 2 amide bonds. The number of amides is 2. The van der Waals surface area contributed by atoms with Crippen LogP contribution < -0.4 is 15.0 Å². The maximum absolute atomic E-state index is 12.7. The van der Waals surface area contributed by atoms with Crippen molar-refractivity contribution < 1.29 is 14.3 Å². The number of nitrogens with one attached hydrogen (secondary N) is 1. The summed E-state index contributed by atoms with van der Waals surface area (Å²) in [5, 5.41) is 2.59. The van der Waals surface area contributed by atoms with Crippen LogP contribution in [-0.4, -0.2) is 25.9 Å². The quantitative estimate of drug-likeness (QED) is 0.821. The van der Waals surface area contributed by atoms with E-state index in [2.05, 4.69) is 26.1 Å². The predicted octanol–water partition coefficient (Wildman–Crippen LogP) is 4.03. The summed E-state index contributed by atoms with van der Waals surface area (Å²) < 4.78 is 5.96. The zero-order valence-corrected chi connectivity index (χ0v) is 17.0. The van der Waals surface area contributed by atoms with Crippen molar-refractivity contribution in [2.24, 2.45) is 5.41 Å². The maximum Gasteiger partial charge on any atom is 0.293 e. The molecule has 1 aliphatic heterocycles. The molecule has 2 aromatic carbocycles. The summed E-state index contributed by atoms with van der Waals surface area (Å²) in [7, 11) is 3.34. The van der Waals surface area contributed by atoms with Gasteiger partial charge in [0.1, 0.15) is 0 Å². The normalized spacial score (nSPS) is 15.2. The van der Waals surface area contributed by atoms with Crippen LogP contribution in [0.3, 0.4) is 0 Å². The van der Waals surface area contributed by atoms with E-state index in [1.807, 2.05) is 18.2 Å². The lowest BCUT2D eigenvalue weighted by Crippen LogP contribution is -2.34. The number of benzene rings is 2. The number of fused-ring (bicyclic) bond motifs is 1. The molecule has 28 heavy (non-hydrogen) atoms. The van der Waals surface area contributed by atoms with Crippen molar-refractivity contribution in [2.45, 2.75) is 27.2 Å². The fourth-order valence-corrected chi connectivity index (χ4v) is 3.19. The van der Waals surface area contributed by atoms with Crippen LogP contribution in [0.4, 0.5) is 5.69 Å². The molecule has 5 nitrogen and oxygen atoms in total. The average molecular weight is 378 g/mol. The zero-order valence-electron chi connectivity index (χ0n) is 17.0. The molecule has 0 bridgehead atoms. The van der Waals surface area contributed by atoms with Crippen LogP contribution >= 0.6 is 0 Å². The predicted molar refractivity (Wildman–Crippen MR) is 111 cm³/mol. The molecule has 0 saturated carbocycles. The highest BCUT2D eigenvalue weighted by Gasteiger charge is 2.28. The highest BCUT2D eigenvalue weighted by molar-refractivity contribution is 6.09. The van der Waals surface area contributed by atoms with Gasteiger partial charge in [0.05, 0.1) is 5.69 Å². The maximum atomic E-state index is 12.7. The van der Waals surface area contributed by atoms with Crippen LogP contribution in [0.15, 0.2) is 48.2 Å². The molecule has 3 rings (SSSR count). The van der Waals surface area contributed by atoms with Gasteiger partial charge < -0.3 is 15.0 Å². The van der Waals surface area contributed by atoms with Gasteiger partial charge in [0.25, 0.3) is 11.8 Å². The lowest BCUT2D eigenvalue weighted by Gasteiger charge is -2.28. The number of rotatable bonds is 3. The number of anilines is 1. The number of carbonyl (C=O) groups is 2. The molecule has 1 aliphatic rings. The Bertz CT molecular complexity index is 937. The molecular weight excluding hydrogens is 352 g/mol. The van der Waals surface area contributed by atoms with E-state index in [4.69, 9.17) is 4.74 Å². The van der Waals surface area contributed by atoms with Crippen molar-refractivity contribution in [3.8, 4) is 5.75 Å². The second kappa shape index (κ2) is 7.50. The van der Waals surface area contributed by atoms with Crippen molar-refractivity contribution in [3.05, 3.63) is 64.9 Å². The van der Waals surface area contributed by atoms with E-state index >= 15 is 0 Å². The van der Waals surface area contributed by atoms with Gasteiger partial charge >= 0.3 is 0 Å². The third kappa shape index (κ3) is 4.25. The second-order valence-electron chi connectivity index (χ2n) is 8.22. The number of hydrogen-bond donors (Lipinski definition) is 1. The first-order chi connectivity index (χ1) is 13.2. The van der Waals surface area contributed by atoms with Gasteiger partial charge in [0.15, 0.2) is 11.5 Å². The lowest BCUT2D eigenvalue weighted by atomic mass is 9.88. The van der Waals surface area contributed by atoms with Gasteiger partial charge in [0, 0.05) is 19.7 Å².